The number of thiophene rings is 1. The van der Waals surface area contributed by atoms with Crippen LogP contribution in [0, 0.1) is 5.82 Å². The molecule has 0 unspecified atom stereocenters. The molecule has 1 heterocycles. The number of aromatic carboxylic acids is 1. The van der Waals surface area contributed by atoms with Gasteiger partial charge in [0.2, 0.25) is 0 Å². The summed E-state index contributed by atoms with van der Waals surface area (Å²) < 4.78 is 14.3. The van der Waals surface area contributed by atoms with Crippen molar-refractivity contribution in [2.75, 3.05) is 17.6 Å². The zero-order valence-corrected chi connectivity index (χ0v) is 11.9. The molecule has 0 aliphatic heterocycles. The molecule has 0 amide bonds. The Bertz CT molecular complexity index is 645. The number of benzene rings is 1. The fourth-order valence-electron chi connectivity index (χ4n) is 1.71. The highest BCUT2D eigenvalue weighted by molar-refractivity contribution is 7.16. The van der Waals surface area contributed by atoms with Gasteiger partial charge in [0.15, 0.2) is 0 Å². The highest BCUT2D eigenvalue weighted by Gasteiger charge is 2.13. The maximum absolute atomic E-state index is 13.5. The van der Waals surface area contributed by atoms with E-state index in [0.717, 1.165) is 27.8 Å². The molecule has 0 saturated carbocycles. The van der Waals surface area contributed by atoms with Crippen LogP contribution in [0.3, 0.4) is 0 Å². The van der Waals surface area contributed by atoms with Gasteiger partial charge in [-0.1, -0.05) is 11.6 Å². The molecule has 1 aromatic heterocycles. The minimum Gasteiger partial charge on any atom is -0.478 e. The number of carbonyl (C=O) groups is 1. The van der Waals surface area contributed by atoms with Gasteiger partial charge in [0.25, 0.3) is 0 Å². The summed E-state index contributed by atoms with van der Waals surface area (Å²) in [6, 6.07) is 5.95. The van der Waals surface area contributed by atoms with E-state index < -0.39 is 17.3 Å². The Morgan fingerprint density at radius 2 is 2.20 bits per heavy atom. The molecule has 0 bridgehead atoms. The van der Waals surface area contributed by atoms with Crippen molar-refractivity contribution in [3.63, 3.8) is 0 Å². The van der Waals surface area contributed by atoms with Gasteiger partial charge in [-0.15, -0.1) is 11.3 Å². The Kier molecular flexibility index (Phi) is 4.46. The molecule has 106 valence electrons. The van der Waals surface area contributed by atoms with Crippen molar-refractivity contribution in [3.05, 3.63) is 44.9 Å². The first-order valence-electron chi connectivity index (χ1n) is 5.78. The largest absolute Gasteiger partial charge is 0.478 e. The fraction of sp³-hybridized carbons (Fsp3) is 0.154. The molecule has 20 heavy (non-hydrogen) atoms. The third-order valence-corrected chi connectivity index (χ3v) is 3.98. The monoisotopic (exact) mass is 314 g/mol. The number of anilines is 2. The molecule has 2 rings (SSSR count). The Balaban J connectivity index is 2.03. The Morgan fingerprint density at radius 1 is 1.45 bits per heavy atom. The van der Waals surface area contributed by atoms with Gasteiger partial charge in [-0.25, -0.2) is 9.18 Å². The number of halogens is 2. The predicted octanol–water partition coefficient (Wildman–Crippen LogP) is 3.48. The summed E-state index contributed by atoms with van der Waals surface area (Å²) in [6.45, 7) is 0.549. The number of nitrogens with two attached hydrogens (primary N) is 1. The van der Waals surface area contributed by atoms with Crippen LogP contribution in [0.5, 0.6) is 0 Å². The van der Waals surface area contributed by atoms with E-state index in [0.29, 0.717) is 12.2 Å². The standard InChI is InChI=1S/C13H12ClFN2O2S/c14-12-2-1-7(20-12)3-4-17-11-6-9(15)8(13(18)19)5-10(11)16/h1-2,5-6,17H,3-4,16H2,(H,18,19). The number of rotatable bonds is 5. The van der Waals surface area contributed by atoms with Gasteiger partial charge >= 0.3 is 5.97 Å². The number of carboxylic acids is 1. The Hall–Kier alpha value is -1.79. The summed E-state index contributed by atoms with van der Waals surface area (Å²) in [6.07, 6.45) is 0.721. The third-order valence-electron chi connectivity index (χ3n) is 2.69. The smallest absolute Gasteiger partial charge is 0.338 e. The molecule has 4 N–H and O–H groups in total. The van der Waals surface area contributed by atoms with Gasteiger partial charge in [0.05, 0.1) is 21.3 Å². The molecule has 0 saturated heterocycles. The van der Waals surface area contributed by atoms with Crippen LogP contribution in [-0.4, -0.2) is 17.6 Å². The lowest BCUT2D eigenvalue weighted by molar-refractivity contribution is 0.0692. The lowest BCUT2D eigenvalue weighted by Gasteiger charge is -2.10. The molecule has 2 aromatic rings. The van der Waals surface area contributed by atoms with Crippen LogP contribution in [0.2, 0.25) is 4.34 Å². The summed E-state index contributed by atoms with van der Waals surface area (Å²) in [5.41, 5.74) is 5.85. The number of carboxylic acid groups (broad SMARTS) is 1. The lowest BCUT2D eigenvalue weighted by Crippen LogP contribution is -2.09. The number of hydrogen-bond donors (Lipinski definition) is 3. The second-order valence-electron chi connectivity index (χ2n) is 4.11. The average molecular weight is 315 g/mol. The van der Waals surface area contributed by atoms with Crippen LogP contribution in [0.15, 0.2) is 24.3 Å². The highest BCUT2D eigenvalue weighted by Crippen LogP contribution is 2.24. The molecule has 0 aliphatic carbocycles. The predicted molar refractivity (Wildman–Crippen MR) is 79.3 cm³/mol. The minimum absolute atomic E-state index is 0.202. The van der Waals surface area contributed by atoms with E-state index in [4.69, 9.17) is 22.4 Å². The molecule has 0 fully saturated rings. The normalized spacial score (nSPS) is 10.5. The van der Waals surface area contributed by atoms with E-state index >= 15 is 0 Å². The molecular formula is C13H12ClFN2O2S. The van der Waals surface area contributed by atoms with E-state index in [1.54, 1.807) is 0 Å². The van der Waals surface area contributed by atoms with Crippen molar-refractivity contribution in [1.82, 2.24) is 0 Å². The van der Waals surface area contributed by atoms with Crippen molar-refractivity contribution < 1.29 is 14.3 Å². The van der Waals surface area contributed by atoms with Gasteiger partial charge in [-0.3, -0.25) is 0 Å². The Labute approximate surface area is 124 Å². The molecule has 4 nitrogen and oxygen atoms in total. The van der Waals surface area contributed by atoms with E-state index in [1.807, 2.05) is 12.1 Å². The number of nitrogens with one attached hydrogen (secondary N) is 1. The maximum Gasteiger partial charge on any atom is 0.338 e. The van der Waals surface area contributed by atoms with Crippen molar-refractivity contribution in [1.29, 1.82) is 0 Å². The summed E-state index contributed by atoms with van der Waals surface area (Å²) in [4.78, 5) is 11.9. The second kappa shape index (κ2) is 6.11. The summed E-state index contributed by atoms with van der Waals surface area (Å²) in [5, 5.41) is 11.8. The molecule has 7 heteroatoms. The van der Waals surface area contributed by atoms with Crippen LogP contribution in [-0.2, 0) is 6.42 Å². The first-order valence-corrected chi connectivity index (χ1v) is 6.97. The van der Waals surface area contributed by atoms with Gasteiger partial charge in [0, 0.05) is 11.4 Å². The van der Waals surface area contributed by atoms with Crippen molar-refractivity contribution in [2.24, 2.45) is 0 Å². The molecule has 0 spiro atoms. The van der Waals surface area contributed by atoms with Gasteiger partial charge < -0.3 is 16.2 Å². The SMILES string of the molecule is Nc1cc(C(=O)O)c(F)cc1NCCc1ccc(Cl)s1. The lowest BCUT2D eigenvalue weighted by atomic mass is 10.1. The summed E-state index contributed by atoms with van der Waals surface area (Å²) >= 11 is 7.30. The van der Waals surface area contributed by atoms with Crippen LogP contribution < -0.4 is 11.1 Å². The van der Waals surface area contributed by atoms with Crippen LogP contribution in [0.1, 0.15) is 15.2 Å². The quantitative estimate of drug-likeness (QED) is 0.739. The second-order valence-corrected chi connectivity index (χ2v) is 5.91. The minimum atomic E-state index is -1.34. The van der Waals surface area contributed by atoms with Gasteiger partial charge in [-0.2, -0.15) is 0 Å². The van der Waals surface area contributed by atoms with E-state index in [2.05, 4.69) is 5.32 Å². The van der Waals surface area contributed by atoms with Crippen molar-refractivity contribution >= 4 is 40.3 Å². The first kappa shape index (κ1) is 14.6. The average Bonchev–Trinajstić information content (AvgIpc) is 2.78. The molecular weight excluding hydrogens is 303 g/mol. The topological polar surface area (TPSA) is 75.4 Å². The third kappa shape index (κ3) is 3.40. The van der Waals surface area contributed by atoms with Gasteiger partial charge in [0.1, 0.15) is 5.82 Å². The van der Waals surface area contributed by atoms with Crippen LogP contribution in [0.4, 0.5) is 15.8 Å². The fourth-order valence-corrected chi connectivity index (χ4v) is 2.80. The van der Waals surface area contributed by atoms with Gasteiger partial charge in [-0.05, 0) is 30.7 Å². The Morgan fingerprint density at radius 3 is 2.80 bits per heavy atom. The van der Waals surface area contributed by atoms with Crippen molar-refractivity contribution in [2.45, 2.75) is 6.42 Å². The highest BCUT2D eigenvalue weighted by atomic mass is 35.5. The van der Waals surface area contributed by atoms with E-state index in [-0.39, 0.29) is 5.69 Å². The summed E-state index contributed by atoms with van der Waals surface area (Å²) in [7, 11) is 0. The van der Waals surface area contributed by atoms with E-state index in [1.165, 1.54) is 11.3 Å². The molecule has 0 radical (unpaired) electrons. The molecule has 1 aromatic carbocycles. The molecule has 0 aliphatic rings. The summed E-state index contributed by atoms with van der Waals surface area (Å²) in [5.74, 6) is -2.15. The maximum atomic E-state index is 13.5. The first-order chi connectivity index (χ1) is 9.47. The molecule has 0 atom stereocenters. The van der Waals surface area contributed by atoms with Crippen molar-refractivity contribution in [3.8, 4) is 0 Å². The number of hydrogen-bond acceptors (Lipinski definition) is 4. The number of nitrogen functional groups attached to an aromatic ring is 1. The van der Waals surface area contributed by atoms with Crippen LogP contribution >= 0.6 is 22.9 Å². The zero-order chi connectivity index (χ0) is 14.7. The van der Waals surface area contributed by atoms with Crippen LogP contribution in [0.25, 0.3) is 0 Å². The van der Waals surface area contributed by atoms with E-state index in [9.17, 15) is 9.18 Å². The zero-order valence-electron chi connectivity index (χ0n) is 10.3.